The van der Waals surface area contributed by atoms with Gasteiger partial charge in [0.15, 0.2) is 10.9 Å². The molecular formula is C13H13FN2OS. The third-order valence-electron chi connectivity index (χ3n) is 2.50. The predicted molar refractivity (Wildman–Crippen MR) is 70.6 cm³/mol. The van der Waals surface area contributed by atoms with Crippen molar-refractivity contribution in [1.29, 1.82) is 0 Å². The molecule has 18 heavy (non-hydrogen) atoms. The molecule has 0 aliphatic heterocycles. The van der Waals surface area contributed by atoms with Gasteiger partial charge in [-0.15, -0.1) is 0 Å². The van der Waals surface area contributed by atoms with Crippen molar-refractivity contribution in [1.82, 2.24) is 4.98 Å². The summed E-state index contributed by atoms with van der Waals surface area (Å²) in [6.45, 7) is 2.16. The lowest BCUT2D eigenvalue weighted by molar-refractivity contribution is 0.102. The van der Waals surface area contributed by atoms with Crippen molar-refractivity contribution in [3.63, 3.8) is 0 Å². The average Bonchev–Trinajstić information content (AvgIpc) is 2.81. The van der Waals surface area contributed by atoms with E-state index in [0.29, 0.717) is 11.4 Å². The number of benzene rings is 1. The smallest absolute Gasteiger partial charge is 0.185 e. The third kappa shape index (κ3) is 2.92. The van der Waals surface area contributed by atoms with Gasteiger partial charge in [-0.1, -0.05) is 23.5 Å². The minimum Gasteiger partial charge on any atom is -0.347 e. The van der Waals surface area contributed by atoms with Crippen LogP contribution in [-0.4, -0.2) is 17.8 Å². The van der Waals surface area contributed by atoms with E-state index in [-0.39, 0.29) is 11.6 Å². The number of hydrogen-bond donors (Lipinski definition) is 0. The summed E-state index contributed by atoms with van der Waals surface area (Å²) >= 11 is 1.36. The van der Waals surface area contributed by atoms with E-state index < -0.39 is 0 Å². The van der Waals surface area contributed by atoms with E-state index in [0.717, 1.165) is 10.7 Å². The number of anilines is 1. The van der Waals surface area contributed by atoms with E-state index >= 15 is 0 Å². The van der Waals surface area contributed by atoms with Crippen molar-refractivity contribution in [2.75, 3.05) is 11.9 Å². The fourth-order valence-corrected chi connectivity index (χ4v) is 2.31. The molecule has 2 aromatic rings. The first-order valence-electron chi connectivity index (χ1n) is 5.48. The van der Waals surface area contributed by atoms with E-state index in [9.17, 15) is 9.18 Å². The molecule has 0 aliphatic rings. The minimum absolute atomic E-state index is 0.0222. The number of halogens is 1. The summed E-state index contributed by atoms with van der Waals surface area (Å²) in [7, 11) is 1.89. The Labute approximate surface area is 109 Å². The molecule has 3 nitrogen and oxygen atoms in total. The van der Waals surface area contributed by atoms with Crippen molar-refractivity contribution in [2.24, 2.45) is 0 Å². The molecule has 0 amide bonds. The van der Waals surface area contributed by atoms with Crippen LogP contribution in [0.3, 0.4) is 0 Å². The molecule has 1 aromatic carbocycles. The van der Waals surface area contributed by atoms with Gasteiger partial charge in [0.1, 0.15) is 5.82 Å². The van der Waals surface area contributed by atoms with Crippen LogP contribution in [0.25, 0.3) is 0 Å². The van der Waals surface area contributed by atoms with Gasteiger partial charge < -0.3 is 4.90 Å². The molecule has 0 unspecified atom stereocenters. The van der Waals surface area contributed by atoms with Crippen LogP contribution in [0.5, 0.6) is 0 Å². The Hall–Kier alpha value is -1.75. The largest absolute Gasteiger partial charge is 0.347 e. The van der Waals surface area contributed by atoms with Crippen molar-refractivity contribution in [2.45, 2.75) is 13.5 Å². The summed E-state index contributed by atoms with van der Waals surface area (Å²) in [6, 6.07) is 6.36. The van der Waals surface area contributed by atoms with E-state index in [2.05, 4.69) is 4.98 Å². The van der Waals surface area contributed by atoms with Crippen LogP contribution in [-0.2, 0) is 6.54 Å². The van der Waals surface area contributed by atoms with Crippen LogP contribution < -0.4 is 4.90 Å². The minimum atomic E-state index is -0.241. The van der Waals surface area contributed by atoms with Crippen LogP contribution in [0.15, 0.2) is 30.5 Å². The van der Waals surface area contributed by atoms with Crippen LogP contribution >= 0.6 is 11.3 Å². The average molecular weight is 264 g/mol. The summed E-state index contributed by atoms with van der Waals surface area (Å²) in [5.74, 6) is -0.219. The summed E-state index contributed by atoms with van der Waals surface area (Å²) in [4.78, 5) is 18.0. The normalized spacial score (nSPS) is 10.4. The van der Waals surface area contributed by atoms with E-state index in [1.165, 1.54) is 30.4 Å². The molecule has 0 spiro atoms. The summed E-state index contributed by atoms with van der Waals surface area (Å²) in [6.07, 6.45) is 1.59. The Balaban J connectivity index is 2.09. The van der Waals surface area contributed by atoms with E-state index in [1.54, 1.807) is 18.3 Å². The lowest BCUT2D eigenvalue weighted by atomic mass is 10.2. The lowest BCUT2D eigenvalue weighted by Gasteiger charge is -2.15. The molecule has 0 fully saturated rings. The Kier molecular flexibility index (Phi) is 3.72. The molecule has 0 N–H and O–H groups in total. The quantitative estimate of drug-likeness (QED) is 0.795. The van der Waals surface area contributed by atoms with Crippen molar-refractivity contribution < 1.29 is 9.18 Å². The van der Waals surface area contributed by atoms with Gasteiger partial charge in [0.25, 0.3) is 0 Å². The number of ketones is 1. The van der Waals surface area contributed by atoms with Gasteiger partial charge in [-0.25, -0.2) is 9.37 Å². The Morgan fingerprint density at radius 3 is 2.61 bits per heavy atom. The number of carbonyl (C=O) groups excluding carboxylic acids is 1. The fraction of sp³-hybridized carbons (Fsp3) is 0.231. The molecule has 2 rings (SSSR count). The molecule has 1 aromatic heterocycles. The monoisotopic (exact) mass is 264 g/mol. The third-order valence-corrected chi connectivity index (χ3v) is 3.71. The highest BCUT2D eigenvalue weighted by molar-refractivity contribution is 7.17. The number of Topliss-reactive ketones (excluding diaryl/α,β-unsaturated/α-hetero) is 1. The van der Waals surface area contributed by atoms with Gasteiger partial charge in [-0.05, 0) is 17.7 Å². The Bertz CT molecular complexity index is 550. The van der Waals surface area contributed by atoms with Gasteiger partial charge in [0.2, 0.25) is 0 Å². The Morgan fingerprint density at radius 2 is 2.06 bits per heavy atom. The SMILES string of the molecule is CC(=O)c1cnc(N(C)Cc2ccc(F)cc2)s1. The Morgan fingerprint density at radius 1 is 1.39 bits per heavy atom. The molecule has 5 heteroatoms. The molecule has 0 atom stereocenters. The van der Waals surface area contributed by atoms with Crippen LogP contribution in [0.2, 0.25) is 0 Å². The van der Waals surface area contributed by atoms with Gasteiger partial charge >= 0.3 is 0 Å². The highest BCUT2D eigenvalue weighted by Gasteiger charge is 2.10. The second kappa shape index (κ2) is 5.27. The van der Waals surface area contributed by atoms with Crippen molar-refractivity contribution >= 4 is 22.3 Å². The van der Waals surface area contributed by atoms with Gasteiger partial charge in [-0.3, -0.25) is 4.79 Å². The molecular weight excluding hydrogens is 251 g/mol. The van der Waals surface area contributed by atoms with Crippen LogP contribution in [0.4, 0.5) is 9.52 Å². The fourth-order valence-electron chi connectivity index (χ4n) is 1.54. The van der Waals surface area contributed by atoms with Crippen molar-refractivity contribution in [3.05, 3.63) is 46.7 Å². The van der Waals surface area contributed by atoms with Gasteiger partial charge in [-0.2, -0.15) is 0 Å². The second-order valence-corrected chi connectivity index (χ2v) is 5.05. The first kappa shape index (κ1) is 12.7. The maximum atomic E-state index is 12.8. The molecule has 94 valence electrons. The molecule has 0 aliphatic carbocycles. The zero-order valence-corrected chi connectivity index (χ0v) is 11.0. The number of aromatic nitrogens is 1. The van der Waals surface area contributed by atoms with Gasteiger partial charge in [0.05, 0.1) is 11.1 Å². The van der Waals surface area contributed by atoms with E-state index in [1.807, 2.05) is 11.9 Å². The first-order chi connectivity index (χ1) is 8.56. The summed E-state index contributed by atoms with van der Waals surface area (Å²) in [5, 5.41) is 0.782. The maximum absolute atomic E-state index is 12.8. The number of nitrogens with zero attached hydrogens (tertiary/aromatic N) is 2. The van der Waals surface area contributed by atoms with E-state index in [4.69, 9.17) is 0 Å². The maximum Gasteiger partial charge on any atom is 0.185 e. The van der Waals surface area contributed by atoms with Crippen LogP contribution in [0.1, 0.15) is 22.2 Å². The number of rotatable bonds is 4. The zero-order valence-electron chi connectivity index (χ0n) is 10.2. The van der Waals surface area contributed by atoms with Gasteiger partial charge in [0, 0.05) is 20.5 Å². The molecule has 0 saturated carbocycles. The molecule has 0 bridgehead atoms. The topological polar surface area (TPSA) is 33.2 Å². The summed E-state index contributed by atoms with van der Waals surface area (Å²) < 4.78 is 12.8. The second-order valence-electron chi connectivity index (χ2n) is 4.05. The predicted octanol–water partition coefficient (Wildman–Crippen LogP) is 3.12. The standard InChI is InChI=1S/C13H13FN2OS/c1-9(17)12-7-15-13(18-12)16(2)8-10-3-5-11(14)6-4-10/h3-7H,8H2,1-2H3. The number of carbonyl (C=O) groups is 1. The number of thiazole rings is 1. The number of hydrogen-bond acceptors (Lipinski definition) is 4. The first-order valence-corrected chi connectivity index (χ1v) is 6.30. The van der Waals surface area contributed by atoms with Crippen LogP contribution in [0, 0.1) is 5.82 Å². The van der Waals surface area contributed by atoms with Crippen molar-refractivity contribution in [3.8, 4) is 0 Å². The molecule has 1 heterocycles. The summed E-state index contributed by atoms with van der Waals surface area (Å²) in [5.41, 5.74) is 0.999. The highest BCUT2D eigenvalue weighted by atomic mass is 32.1. The zero-order chi connectivity index (χ0) is 13.1. The molecule has 0 radical (unpaired) electrons. The molecule has 0 saturated heterocycles. The highest BCUT2D eigenvalue weighted by Crippen LogP contribution is 2.23. The lowest BCUT2D eigenvalue weighted by Crippen LogP contribution is -2.15.